The van der Waals surface area contributed by atoms with Crippen LogP contribution in [0.15, 0.2) is 53.7 Å². The zero-order chi connectivity index (χ0) is 19.6. The van der Waals surface area contributed by atoms with Gasteiger partial charge in [0.05, 0.1) is 13.7 Å². The molecule has 3 aromatic rings. The van der Waals surface area contributed by atoms with E-state index in [0.29, 0.717) is 13.2 Å². The topological polar surface area (TPSA) is 85.1 Å². The van der Waals surface area contributed by atoms with Crippen molar-refractivity contribution in [2.75, 3.05) is 26.8 Å². The number of ether oxygens (including phenoxy) is 2. The summed E-state index contributed by atoms with van der Waals surface area (Å²) in [6, 6.07) is 13.4. The minimum Gasteiger partial charge on any atom is -0.497 e. The molecule has 0 radical (unpaired) electrons. The van der Waals surface area contributed by atoms with Crippen LogP contribution in [0.1, 0.15) is 19.2 Å². The first-order valence-electron chi connectivity index (χ1n) is 9.38. The highest BCUT2D eigenvalue weighted by Crippen LogP contribution is 2.16. The lowest BCUT2D eigenvalue weighted by Gasteiger charge is -2.11. The van der Waals surface area contributed by atoms with Crippen LogP contribution >= 0.6 is 0 Å². The van der Waals surface area contributed by atoms with Crippen LogP contribution in [-0.2, 0) is 6.54 Å². The van der Waals surface area contributed by atoms with Gasteiger partial charge in [0.15, 0.2) is 17.4 Å². The minimum atomic E-state index is 0.447. The number of benzene rings is 1. The Bertz CT molecular complexity index is 891. The minimum absolute atomic E-state index is 0.447. The average molecular weight is 382 g/mol. The zero-order valence-corrected chi connectivity index (χ0v) is 16.3. The van der Waals surface area contributed by atoms with Crippen molar-refractivity contribution < 1.29 is 9.47 Å². The first kappa shape index (κ1) is 19.5. The fraction of sp³-hybridized carbons (Fsp3) is 0.350. The first-order chi connectivity index (χ1) is 13.8. The quantitative estimate of drug-likeness (QED) is 0.335. The molecule has 0 aliphatic heterocycles. The Kier molecular flexibility index (Phi) is 7.06. The Morgan fingerprint density at radius 1 is 1.07 bits per heavy atom. The smallest absolute Gasteiger partial charge is 0.191 e. The molecule has 0 saturated carbocycles. The predicted molar refractivity (Wildman–Crippen MR) is 109 cm³/mol. The summed E-state index contributed by atoms with van der Waals surface area (Å²) in [6.07, 6.45) is 2.79. The Labute approximate surface area is 164 Å². The van der Waals surface area contributed by atoms with E-state index in [0.717, 1.165) is 48.4 Å². The lowest BCUT2D eigenvalue weighted by molar-refractivity contribution is 0.310. The fourth-order valence-corrected chi connectivity index (χ4v) is 2.63. The highest BCUT2D eigenvalue weighted by molar-refractivity contribution is 5.79. The van der Waals surface area contributed by atoms with Crippen molar-refractivity contribution in [1.29, 1.82) is 0 Å². The van der Waals surface area contributed by atoms with Gasteiger partial charge in [-0.15, -0.1) is 10.2 Å². The molecule has 0 saturated heterocycles. The summed E-state index contributed by atoms with van der Waals surface area (Å²) in [5.74, 6) is 3.20. The van der Waals surface area contributed by atoms with Crippen molar-refractivity contribution in [3.8, 4) is 11.5 Å². The molecule has 0 aliphatic rings. The van der Waals surface area contributed by atoms with E-state index in [2.05, 4.69) is 25.8 Å². The second-order valence-electron chi connectivity index (χ2n) is 6.04. The van der Waals surface area contributed by atoms with Crippen molar-refractivity contribution in [2.45, 2.75) is 19.9 Å². The Hall–Kier alpha value is -3.29. The zero-order valence-electron chi connectivity index (χ0n) is 16.3. The van der Waals surface area contributed by atoms with Crippen LogP contribution in [0, 0.1) is 0 Å². The van der Waals surface area contributed by atoms with Crippen LogP contribution in [0.2, 0.25) is 0 Å². The SMILES string of the molecule is CCNC(=NCc1nnc2ccccn12)NCCCOc1ccc(OC)cc1. The van der Waals surface area contributed by atoms with Gasteiger partial charge >= 0.3 is 0 Å². The van der Waals surface area contributed by atoms with Gasteiger partial charge in [-0.2, -0.15) is 0 Å². The molecule has 1 aromatic carbocycles. The van der Waals surface area contributed by atoms with E-state index in [1.807, 2.05) is 60.0 Å². The number of hydrogen-bond donors (Lipinski definition) is 2. The standard InChI is InChI=1S/C20H26N6O2/c1-3-21-20(23-15-19-25-24-18-7-4-5-13-26(18)19)22-12-6-14-28-17-10-8-16(27-2)9-11-17/h4-5,7-11,13H,3,6,12,14-15H2,1-2H3,(H2,21,22,23). The van der Waals surface area contributed by atoms with Crippen LogP contribution in [0.5, 0.6) is 11.5 Å². The monoisotopic (exact) mass is 382 g/mol. The van der Waals surface area contributed by atoms with E-state index < -0.39 is 0 Å². The molecule has 0 atom stereocenters. The van der Waals surface area contributed by atoms with E-state index in [1.165, 1.54) is 0 Å². The molecule has 3 rings (SSSR count). The lowest BCUT2D eigenvalue weighted by atomic mass is 10.3. The number of rotatable bonds is 9. The normalized spacial score (nSPS) is 11.4. The molecule has 148 valence electrons. The molecule has 8 nitrogen and oxygen atoms in total. The second-order valence-corrected chi connectivity index (χ2v) is 6.04. The molecular weight excluding hydrogens is 356 g/mol. The molecule has 0 amide bonds. The Morgan fingerprint density at radius 3 is 2.68 bits per heavy atom. The maximum absolute atomic E-state index is 5.74. The predicted octanol–water partition coefficient (Wildman–Crippen LogP) is 2.26. The van der Waals surface area contributed by atoms with E-state index in [9.17, 15) is 0 Å². The van der Waals surface area contributed by atoms with Crippen LogP contribution in [0.4, 0.5) is 0 Å². The summed E-state index contributed by atoms with van der Waals surface area (Å²) in [7, 11) is 1.65. The first-order valence-corrected chi connectivity index (χ1v) is 9.38. The van der Waals surface area contributed by atoms with Gasteiger partial charge in [0.25, 0.3) is 0 Å². The van der Waals surface area contributed by atoms with Crippen molar-refractivity contribution in [3.63, 3.8) is 0 Å². The van der Waals surface area contributed by atoms with Gasteiger partial charge in [0.1, 0.15) is 18.0 Å². The third-order valence-corrected chi connectivity index (χ3v) is 4.05. The van der Waals surface area contributed by atoms with Crippen molar-refractivity contribution in [3.05, 3.63) is 54.5 Å². The summed E-state index contributed by atoms with van der Waals surface area (Å²) < 4.78 is 12.8. The molecule has 28 heavy (non-hydrogen) atoms. The van der Waals surface area contributed by atoms with Crippen LogP contribution < -0.4 is 20.1 Å². The van der Waals surface area contributed by atoms with E-state index >= 15 is 0 Å². The van der Waals surface area contributed by atoms with Gasteiger partial charge in [-0.25, -0.2) is 4.99 Å². The summed E-state index contributed by atoms with van der Waals surface area (Å²) in [6.45, 7) is 4.64. The fourth-order valence-electron chi connectivity index (χ4n) is 2.63. The van der Waals surface area contributed by atoms with Gasteiger partial charge in [-0.05, 0) is 49.7 Å². The summed E-state index contributed by atoms with van der Waals surface area (Å²) in [4.78, 5) is 4.60. The Morgan fingerprint density at radius 2 is 1.89 bits per heavy atom. The highest BCUT2D eigenvalue weighted by atomic mass is 16.5. The van der Waals surface area contributed by atoms with Crippen LogP contribution in [0.25, 0.3) is 5.65 Å². The summed E-state index contributed by atoms with van der Waals surface area (Å²) in [5, 5.41) is 14.9. The number of aliphatic imine (C=N–C) groups is 1. The number of methoxy groups -OCH3 is 1. The number of nitrogens with one attached hydrogen (secondary N) is 2. The molecule has 2 heterocycles. The average Bonchev–Trinajstić information content (AvgIpc) is 3.15. The van der Waals surface area contributed by atoms with Crippen molar-refractivity contribution >= 4 is 11.6 Å². The molecular formula is C20H26N6O2. The maximum atomic E-state index is 5.74. The molecule has 0 aliphatic carbocycles. The number of guanidine groups is 1. The van der Waals surface area contributed by atoms with Gasteiger partial charge < -0.3 is 20.1 Å². The van der Waals surface area contributed by atoms with Gasteiger partial charge in [0.2, 0.25) is 0 Å². The van der Waals surface area contributed by atoms with Gasteiger partial charge in [0, 0.05) is 19.3 Å². The molecule has 0 spiro atoms. The molecule has 2 N–H and O–H groups in total. The van der Waals surface area contributed by atoms with E-state index in [1.54, 1.807) is 7.11 Å². The number of aromatic nitrogens is 3. The third kappa shape index (κ3) is 5.35. The largest absolute Gasteiger partial charge is 0.497 e. The second kappa shape index (κ2) is 10.1. The third-order valence-electron chi connectivity index (χ3n) is 4.05. The molecule has 0 fully saturated rings. The van der Waals surface area contributed by atoms with Crippen LogP contribution in [-0.4, -0.2) is 47.4 Å². The highest BCUT2D eigenvalue weighted by Gasteiger charge is 2.04. The maximum Gasteiger partial charge on any atom is 0.191 e. The van der Waals surface area contributed by atoms with E-state index in [-0.39, 0.29) is 0 Å². The molecule has 8 heteroatoms. The molecule has 2 aromatic heterocycles. The van der Waals surface area contributed by atoms with Crippen LogP contribution in [0.3, 0.4) is 0 Å². The molecule has 0 bridgehead atoms. The van der Waals surface area contributed by atoms with Crippen molar-refractivity contribution in [2.24, 2.45) is 4.99 Å². The Balaban J connectivity index is 1.45. The molecule has 0 unspecified atom stereocenters. The summed E-state index contributed by atoms with van der Waals surface area (Å²) in [5.41, 5.74) is 0.821. The lowest BCUT2D eigenvalue weighted by Crippen LogP contribution is -2.38. The van der Waals surface area contributed by atoms with Gasteiger partial charge in [-0.3, -0.25) is 4.40 Å². The number of hydrogen-bond acceptors (Lipinski definition) is 5. The number of pyridine rings is 1. The van der Waals surface area contributed by atoms with E-state index in [4.69, 9.17) is 9.47 Å². The van der Waals surface area contributed by atoms with Crippen molar-refractivity contribution in [1.82, 2.24) is 25.2 Å². The summed E-state index contributed by atoms with van der Waals surface area (Å²) >= 11 is 0. The number of nitrogens with zero attached hydrogens (tertiary/aromatic N) is 4. The van der Waals surface area contributed by atoms with Gasteiger partial charge in [-0.1, -0.05) is 6.07 Å². The number of fused-ring (bicyclic) bond motifs is 1.